The van der Waals surface area contributed by atoms with Gasteiger partial charge < -0.3 is 24.3 Å². The van der Waals surface area contributed by atoms with E-state index in [1.165, 1.54) is 24.3 Å². The topological polar surface area (TPSA) is 85.7 Å². The Bertz CT molecular complexity index is 1100. The summed E-state index contributed by atoms with van der Waals surface area (Å²) in [7, 11) is -3.78. The molecule has 0 spiro atoms. The number of hydrogen-bond donors (Lipinski definition) is 1. The highest BCUT2D eigenvalue weighted by Gasteiger charge is 2.29. The number of aromatic nitrogens is 2. The van der Waals surface area contributed by atoms with Gasteiger partial charge >= 0.3 is 0 Å². The summed E-state index contributed by atoms with van der Waals surface area (Å²) in [6.07, 6.45) is 5.43. The van der Waals surface area contributed by atoms with Gasteiger partial charge in [0.1, 0.15) is 5.82 Å². The van der Waals surface area contributed by atoms with Gasteiger partial charge in [-0.2, -0.15) is 0 Å². The van der Waals surface area contributed by atoms with E-state index in [0.29, 0.717) is 43.5 Å². The third-order valence-electron chi connectivity index (χ3n) is 6.28. The monoisotopic (exact) mass is 524 g/mol. The van der Waals surface area contributed by atoms with Gasteiger partial charge in [-0.25, -0.2) is 17.8 Å². The van der Waals surface area contributed by atoms with Gasteiger partial charge in [0.25, 0.3) is 0 Å². The molecule has 8 nitrogen and oxygen atoms in total. The van der Waals surface area contributed by atoms with Crippen LogP contribution in [0.1, 0.15) is 43.9 Å². The lowest BCUT2D eigenvalue weighted by Gasteiger charge is -2.28. The lowest BCUT2D eigenvalue weighted by Crippen LogP contribution is -2.43. The van der Waals surface area contributed by atoms with Crippen molar-refractivity contribution in [3.8, 4) is 0 Å². The van der Waals surface area contributed by atoms with Crippen molar-refractivity contribution in [2.45, 2.75) is 68.8 Å². The molecule has 35 heavy (non-hydrogen) atoms. The molecule has 3 heterocycles. The number of halogens is 1. The standard InChI is InChI=1S/C24H33FN4O4S2/c1-2-26-23(34)28(15-21-5-3-11-32-21)14-20-13-27-24(29(20)16-22-6-4-12-33-22)35(30,31)17-18-7-9-19(25)10-8-18/h7-10,13,21-22H,2-6,11-12,14-17H2,1H3,(H,26,34)/t21-,22-/m0/s1. The van der Waals surface area contributed by atoms with Gasteiger partial charge in [-0.05, 0) is 62.5 Å². The largest absolute Gasteiger partial charge is 0.376 e. The van der Waals surface area contributed by atoms with E-state index < -0.39 is 15.7 Å². The molecule has 2 atom stereocenters. The van der Waals surface area contributed by atoms with Crippen LogP contribution < -0.4 is 5.32 Å². The van der Waals surface area contributed by atoms with Gasteiger partial charge in [-0.1, -0.05) is 12.1 Å². The van der Waals surface area contributed by atoms with E-state index in [2.05, 4.69) is 10.3 Å². The molecule has 0 unspecified atom stereocenters. The number of sulfone groups is 1. The van der Waals surface area contributed by atoms with Crippen molar-refractivity contribution in [2.24, 2.45) is 0 Å². The first-order chi connectivity index (χ1) is 16.9. The molecule has 0 bridgehead atoms. The Labute approximate surface area is 211 Å². The van der Waals surface area contributed by atoms with Crippen LogP contribution in [0.15, 0.2) is 35.6 Å². The summed E-state index contributed by atoms with van der Waals surface area (Å²) in [5, 5.41) is 3.80. The number of imidazole rings is 1. The predicted octanol–water partition coefficient (Wildman–Crippen LogP) is 3.05. The van der Waals surface area contributed by atoms with Crippen molar-refractivity contribution in [3.05, 3.63) is 47.5 Å². The van der Waals surface area contributed by atoms with E-state index in [-0.39, 0.29) is 23.1 Å². The Morgan fingerprint density at radius 1 is 1.20 bits per heavy atom. The predicted molar refractivity (Wildman–Crippen MR) is 134 cm³/mol. The summed E-state index contributed by atoms with van der Waals surface area (Å²) in [6.45, 7) is 5.50. The molecule has 0 amide bonds. The summed E-state index contributed by atoms with van der Waals surface area (Å²) in [6, 6.07) is 5.50. The molecule has 4 rings (SSSR count). The molecular weight excluding hydrogens is 491 g/mol. The number of rotatable bonds is 10. The first-order valence-electron chi connectivity index (χ1n) is 12.1. The Balaban J connectivity index is 1.62. The second kappa shape index (κ2) is 11.8. The molecule has 1 aromatic carbocycles. The minimum absolute atomic E-state index is 0.00115. The molecule has 192 valence electrons. The number of benzene rings is 1. The van der Waals surface area contributed by atoms with Crippen LogP contribution in [-0.2, 0) is 38.2 Å². The zero-order valence-electron chi connectivity index (χ0n) is 20.0. The Kier molecular flexibility index (Phi) is 8.74. The molecular formula is C24H33FN4O4S2. The number of nitrogens with one attached hydrogen (secondary N) is 1. The highest BCUT2D eigenvalue weighted by atomic mass is 32.2. The molecule has 0 aliphatic carbocycles. The average molecular weight is 525 g/mol. The van der Waals surface area contributed by atoms with E-state index in [0.717, 1.165) is 38.0 Å². The average Bonchev–Trinajstić information content (AvgIpc) is 3.59. The number of hydrogen-bond acceptors (Lipinski definition) is 6. The van der Waals surface area contributed by atoms with Crippen LogP contribution in [-0.4, -0.2) is 66.5 Å². The maximum atomic E-state index is 13.4. The normalized spacial score (nSPS) is 20.3. The van der Waals surface area contributed by atoms with Crippen molar-refractivity contribution in [2.75, 3.05) is 26.3 Å². The SMILES string of the molecule is CCNC(=S)N(Cc1cnc(S(=O)(=O)Cc2ccc(F)cc2)n1C[C@@H]1CCCO1)C[C@@H]1CCCO1. The van der Waals surface area contributed by atoms with E-state index >= 15 is 0 Å². The fourth-order valence-corrected chi connectivity index (χ4v) is 6.31. The van der Waals surface area contributed by atoms with E-state index in [4.69, 9.17) is 21.7 Å². The highest BCUT2D eigenvalue weighted by Crippen LogP contribution is 2.23. The van der Waals surface area contributed by atoms with Gasteiger partial charge in [0.05, 0.1) is 42.9 Å². The third kappa shape index (κ3) is 6.78. The van der Waals surface area contributed by atoms with Crippen molar-refractivity contribution in [3.63, 3.8) is 0 Å². The Morgan fingerprint density at radius 3 is 2.51 bits per heavy atom. The number of nitrogens with zero attached hydrogens (tertiary/aromatic N) is 3. The Morgan fingerprint density at radius 2 is 1.89 bits per heavy atom. The zero-order valence-corrected chi connectivity index (χ0v) is 21.6. The molecule has 2 aromatic rings. The second-order valence-electron chi connectivity index (χ2n) is 9.01. The lowest BCUT2D eigenvalue weighted by atomic mass is 10.2. The van der Waals surface area contributed by atoms with Crippen LogP contribution in [0.25, 0.3) is 0 Å². The van der Waals surface area contributed by atoms with E-state index in [1.807, 2.05) is 11.8 Å². The van der Waals surface area contributed by atoms with E-state index in [9.17, 15) is 12.8 Å². The highest BCUT2D eigenvalue weighted by molar-refractivity contribution is 7.90. The molecule has 2 saturated heterocycles. The van der Waals surface area contributed by atoms with Gasteiger partial charge in [0.15, 0.2) is 5.11 Å². The smallest absolute Gasteiger partial charge is 0.228 e. The van der Waals surface area contributed by atoms with Crippen molar-refractivity contribution < 1.29 is 22.3 Å². The van der Waals surface area contributed by atoms with Gasteiger partial charge in [-0.15, -0.1) is 0 Å². The number of ether oxygens (including phenoxy) is 2. The Hall–Kier alpha value is -2.08. The van der Waals surface area contributed by atoms with Crippen LogP contribution in [0.4, 0.5) is 4.39 Å². The maximum Gasteiger partial charge on any atom is 0.228 e. The maximum absolute atomic E-state index is 13.4. The zero-order chi connectivity index (χ0) is 24.8. The van der Waals surface area contributed by atoms with Gasteiger partial charge in [0.2, 0.25) is 15.0 Å². The van der Waals surface area contributed by atoms with Gasteiger partial charge in [0, 0.05) is 26.3 Å². The summed E-state index contributed by atoms with van der Waals surface area (Å²) in [4.78, 5) is 6.38. The molecule has 1 N–H and O–H groups in total. The first kappa shape index (κ1) is 26.0. The molecule has 2 aliphatic heterocycles. The second-order valence-corrected chi connectivity index (χ2v) is 11.3. The fraction of sp³-hybridized carbons (Fsp3) is 0.583. The molecule has 2 fully saturated rings. The molecule has 11 heteroatoms. The summed E-state index contributed by atoms with van der Waals surface area (Å²) in [5.41, 5.74) is 1.25. The van der Waals surface area contributed by atoms with Crippen LogP contribution in [0.5, 0.6) is 0 Å². The minimum atomic E-state index is -3.78. The molecule has 0 saturated carbocycles. The molecule has 0 radical (unpaired) electrons. The lowest BCUT2D eigenvalue weighted by molar-refractivity contribution is 0.0862. The molecule has 1 aromatic heterocycles. The van der Waals surface area contributed by atoms with Crippen molar-refractivity contribution in [1.29, 1.82) is 0 Å². The van der Waals surface area contributed by atoms with Crippen LogP contribution in [0.3, 0.4) is 0 Å². The van der Waals surface area contributed by atoms with Crippen molar-refractivity contribution >= 4 is 27.2 Å². The summed E-state index contributed by atoms with van der Waals surface area (Å²) >= 11 is 5.63. The molecule has 2 aliphatic rings. The van der Waals surface area contributed by atoms with Gasteiger partial charge in [-0.3, -0.25) is 0 Å². The first-order valence-corrected chi connectivity index (χ1v) is 14.2. The van der Waals surface area contributed by atoms with Crippen LogP contribution in [0, 0.1) is 5.82 Å². The number of thiocarbonyl (C=S) groups is 1. The van der Waals surface area contributed by atoms with Crippen LogP contribution in [0.2, 0.25) is 0 Å². The quantitative estimate of drug-likeness (QED) is 0.475. The van der Waals surface area contributed by atoms with Crippen LogP contribution >= 0.6 is 12.2 Å². The fourth-order valence-electron chi connectivity index (χ4n) is 4.53. The summed E-state index contributed by atoms with van der Waals surface area (Å²) < 4.78 is 53.5. The third-order valence-corrected chi connectivity index (χ3v) is 8.27. The minimum Gasteiger partial charge on any atom is -0.376 e. The van der Waals surface area contributed by atoms with Crippen molar-refractivity contribution in [1.82, 2.24) is 19.8 Å². The summed E-state index contributed by atoms with van der Waals surface area (Å²) in [5.74, 6) is -0.665. The van der Waals surface area contributed by atoms with E-state index in [1.54, 1.807) is 10.8 Å².